The van der Waals surface area contributed by atoms with E-state index in [9.17, 15) is 0 Å². The summed E-state index contributed by atoms with van der Waals surface area (Å²) in [4.78, 5) is 9.58. The fourth-order valence-corrected chi connectivity index (χ4v) is 5.96. The number of nitrogen functional groups attached to an aromatic ring is 2. The van der Waals surface area contributed by atoms with E-state index in [2.05, 4.69) is 12.1 Å². The van der Waals surface area contributed by atoms with Gasteiger partial charge in [0.25, 0.3) is 0 Å². The number of fused-ring (bicyclic) bond motifs is 2. The molecule has 0 radical (unpaired) electrons. The van der Waals surface area contributed by atoms with Gasteiger partial charge in [-0.1, -0.05) is 48.5 Å². The van der Waals surface area contributed by atoms with Crippen LogP contribution in [0.3, 0.4) is 0 Å². The van der Waals surface area contributed by atoms with Gasteiger partial charge < -0.3 is 11.5 Å². The largest absolute Gasteiger partial charge is 0.398 e. The van der Waals surface area contributed by atoms with Gasteiger partial charge in [0.15, 0.2) is 0 Å². The van der Waals surface area contributed by atoms with E-state index in [1.54, 1.807) is 22.7 Å². The van der Waals surface area contributed by atoms with E-state index in [0.717, 1.165) is 52.7 Å². The molecule has 0 atom stereocenters. The highest BCUT2D eigenvalue weighted by Gasteiger charge is 2.17. The van der Waals surface area contributed by atoms with E-state index in [1.165, 1.54) is 0 Å². The zero-order chi connectivity index (χ0) is 21.7. The molecule has 0 aliphatic heterocycles. The number of rotatable bonds is 3. The Balaban J connectivity index is 1.49. The van der Waals surface area contributed by atoms with Crippen molar-refractivity contribution in [3.8, 4) is 32.3 Å². The molecule has 0 aliphatic carbocycles. The molecule has 0 unspecified atom stereocenters. The summed E-state index contributed by atoms with van der Waals surface area (Å²) in [5, 5.41) is 1.82. The Labute approximate surface area is 192 Å². The smallest absolute Gasteiger partial charge is 0.126 e. The molecular formula is C26H18N4S2. The highest BCUT2D eigenvalue weighted by molar-refractivity contribution is 7.22. The van der Waals surface area contributed by atoms with E-state index in [-0.39, 0.29) is 0 Å². The minimum Gasteiger partial charge on any atom is -0.398 e. The molecule has 4 aromatic carbocycles. The monoisotopic (exact) mass is 450 g/mol. The van der Waals surface area contributed by atoms with Crippen molar-refractivity contribution in [2.24, 2.45) is 0 Å². The highest BCUT2D eigenvalue weighted by Crippen LogP contribution is 2.43. The topological polar surface area (TPSA) is 77.8 Å². The Morgan fingerprint density at radius 2 is 0.875 bits per heavy atom. The summed E-state index contributed by atoms with van der Waals surface area (Å²) in [5.74, 6) is 0. The standard InChI is InChI=1S/C26H18N4S2/c27-23-15(7-5-9-17(23)25-29-19-11-1-3-13-21(19)31-25)16-8-6-10-18(24(16)28)26-30-20-12-2-4-14-22(20)32-26/h1-14H,27-28H2. The molecule has 6 aromatic rings. The summed E-state index contributed by atoms with van der Waals surface area (Å²) in [6.07, 6.45) is 0. The van der Waals surface area contributed by atoms with Crippen LogP contribution in [0.25, 0.3) is 52.7 Å². The Hall–Kier alpha value is -3.74. The molecule has 0 bridgehead atoms. The molecule has 4 nitrogen and oxygen atoms in total. The van der Waals surface area contributed by atoms with Crippen LogP contribution in [0.5, 0.6) is 0 Å². The van der Waals surface area contributed by atoms with Crippen molar-refractivity contribution in [1.29, 1.82) is 0 Å². The average Bonchev–Trinajstić information content (AvgIpc) is 3.44. The maximum atomic E-state index is 6.69. The number of para-hydroxylation sites is 4. The quantitative estimate of drug-likeness (QED) is 0.283. The van der Waals surface area contributed by atoms with Gasteiger partial charge in [-0.05, 0) is 36.4 Å². The first-order valence-corrected chi connectivity index (χ1v) is 11.8. The van der Waals surface area contributed by atoms with Crippen LogP contribution in [0.15, 0.2) is 84.9 Å². The summed E-state index contributed by atoms with van der Waals surface area (Å²) in [6.45, 7) is 0. The normalized spacial score (nSPS) is 11.4. The Kier molecular flexibility index (Phi) is 4.41. The molecule has 32 heavy (non-hydrogen) atoms. The van der Waals surface area contributed by atoms with E-state index in [0.29, 0.717) is 11.4 Å². The second kappa shape index (κ2) is 7.44. The maximum Gasteiger partial charge on any atom is 0.126 e. The van der Waals surface area contributed by atoms with Crippen LogP contribution in [0.1, 0.15) is 0 Å². The lowest BCUT2D eigenvalue weighted by molar-refractivity contribution is 1.46. The zero-order valence-corrected chi connectivity index (χ0v) is 18.6. The van der Waals surface area contributed by atoms with Crippen LogP contribution >= 0.6 is 22.7 Å². The van der Waals surface area contributed by atoms with Gasteiger partial charge in [-0.2, -0.15) is 0 Å². The lowest BCUT2D eigenvalue weighted by atomic mass is 9.97. The molecule has 0 saturated heterocycles. The summed E-state index contributed by atoms with van der Waals surface area (Å²) >= 11 is 3.29. The van der Waals surface area contributed by atoms with Gasteiger partial charge in [-0.15, -0.1) is 22.7 Å². The lowest BCUT2D eigenvalue weighted by Gasteiger charge is -2.14. The van der Waals surface area contributed by atoms with Crippen molar-refractivity contribution in [2.75, 3.05) is 11.5 Å². The number of hydrogen-bond acceptors (Lipinski definition) is 6. The third kappa shape index (κ3) is 3.04. The molecule has 0 spiro atoms. The minimum atomic E-state index is 0.680. The molecule has 4 N–H and O–H groups in total. The van der Waals surface area contributed by atoms with Crippen LogP contribution in [0.4, 0.5) is 11.4 Å². The van der Waals surface area contributed by atoms with E-state index < -0.39 is 0 Å². The number of nitrogens with two attached hydrogens (primary N) is 2. The van der Waals surface area contributed by atoms with Crippen molar-refractivity contribution >= 4 is 54.5 Å². The number of aromatic nitrogens is 2. The predicted molar refractivity (Wildman–Crippen MR) is 138 cm³/mol. The molecular weight excluding hydrogens is 432 g/mol. The SMILES string of the molecule is Nc1c(-c2nc3ccccc3s2)cccc1-c1cccc(-c2nc3ccccc3s2)c1N. The third-order valence-corrected chi connectivity index (χ3v) is 7.69. The summed E-state index contributed by atoms with van der Waals surface area (Å²) in [5.41, 5.74) is 20.4. The molecule has 0 amide bonds. The fraction of sp³-hybridized carbons (Fsp3) is 0. The van der Waals surface area contributed by atoms with Gasteiger partial charge in [0.05, 0.1) is 20.4 Å². The van der Waals surface area contributed by atoms with E-state index in [1.807, 2.05) is 72.8 Å². The van der Waals surface area contributed by atoms with Crippen LogP contribution in [-0.4, -0.2) is 9.97 Å². The van der Waals surface area contributed by atoms with Crippen LogP contribution in [0, 0.1) is 0 Å². The molecule has 2 heterocycles. The lowest BCUT2D eigenvalue weighted by Crippen LogP contribution is -1.98. The van der Waals surface area contributed by atoms with E-state index in [4.69, 9.17) is 21.4 Å². The van der Waals surface area contributed by atoms with Gasteiger partial charge in [-0.25, -0.2) is 9.97 Å². The summed E-state index contributed by atoms with van der Waals surface area (Å²) in [7, 11) is 0. The molecule has 2 aromatic heterocycles. The number of anilines is 2. The average molecular weight is 451 g/mol. The summed E-state index contributed by atoms with van der Waals surface area (Å²) < 4.78 is 2.29. The minimum absolute atomic E-state index is 0.680. The summed E-state index contributed by atoms with van der Waals surface area (Å²) in [6, 6.07) is 28.3. The van der Waals surface area contributed by atoms with Crippen LogP contribution in [0.2, 0.25) is 0 Å². The van der Waals surface area contributed by atoms with Gasteiger partial charge in [0.1, 0.15) is 10.0 Å². The third-order valence-electron chi connectivity index (χ3n) is 5.55. The van der Waals surface area contributed by atoms with Crippen molar-refractivity contribution in [1.82, 2.24) is 9.97 Å². The van der Waals surface area contributed by atoms with Crippen molar-refractivity contribution in [3.05, 3.63) is 84.9 Å². The van der Waals surface area contributed by atoms with Gasteiger partial charge in [0, 0.05) is 33.6 Å². The van der Waals surface area contributed by atoms with Gasteiger partial charge in [0.2, 0.25) is 0 Å². The first-order chi connectivity index (χ1) is 15.7. The maximum absolute atomic E-state index is 6.69. The van der Waals surface area contributed by atoms with Crippen molar-refractivity contribution < 1.29 is 0 Å². The van der Waals surface area contributed by atoms with Gasteiger partial charge in [-0.3, -0.25) is 0 Å². The van der Waals surface area contributed by atoms with E-state index >= 15 is 0 Å². The number of benzene rings is 4. The first kappa shape index (κ1) is 19.0. The number of nitrogens with zero attached hydrogens (tertiary/aromatic N) is 2. The van der Waals surface area contributed by atoms with Crippen molar-refractivity contribution in [2.45, 2.75) is 0 Å². The Morgan fingerprint density at radius 1 is 0.469 bits per heavy atom. The number of hydrogen-bond donors (Lipinski definition) is 2. The predicted octanol–water partition coefficient (Wildman–Crippen LogP) is 7.07. The molecule has 0 saturated carbocycles. The zero-order valence-electron chi connectivity index (χ0n) is 16.9. The molecule has 6 rings (SSSR count). The highest BCUT2D eigenvalue weighted by atomic mass is 32.1. The molecule has 0 aliphatic rings. The second-order valence-electron chi connectivity index (χ2n) is 7.51. The molecule has 0 fully saturated rings. The molecule has 6 heteroatoms. The van der Waals surface area contributed by atoms with Crippen molar-refractivity contribution in [3.63, 3.8) is 0 Å². The van der Waals surface area contributed by atoms with Crippen LogP contribution in [-0.2, 0) is 0 Å². The fourth-order valence-electron chi connectivity index (χ4n) is 3.95. The Bertz CT molecular complexity index is 1430. The van der Waals surface area contributed by atoms with Crippen LogP contribution < -0.4 is 11.5 Å². The Morgan fingerprint density at radius 3 is 1.31 bits per heavy atom. The molecule has 154 valence electrons. The number of thiazole rings is 2. The van der Waals surface area contributed by atoms with Gasteiger partial charge >= 0.3 is 0 Å². The first-order valence-electron chi connectivity index (χ1n) is 10.2. The second-order valence-corrected chi connectivity index (χ2v) is 9.57.